The van der Waals surface area contributed by atoms with Crippen LogP contribution in [0.4, 0.5) is 9.52 Å². The Kier molecular flexibility index (Phi) is 3.49. The molecule has 0 saturated heterocycles. The van der Waals surface area contributed by atoms with Crippen LogP contribution in [0.5, 0.6) is 5.75 Å². The number of hydrogen-bond donors (Lipinski definition) is 2. The van der Waals surface area contributed by atoms with Crippen molar-refractivity contribution in [3.8, 4) is 5.75 Å². The summed E-state index contributed by atoms with van der Waals surface area (Å²) in [5.41, 5.74) is 4.18. The first-order valence-electron chi connectivity index (χ1n) is 5.99. The van der Waals surface area contributed by atoms with Crippen LogP contribution >= 0.6 is 11.3 Å². The van der Waals surface area contributed by atoms with Crippen molar-refractivity contribution in [1.29, 1.82) is 0 Å². The Morgan fingerprint density at radius 2 is 2.15 bits per heavy atom. The Hall–Kier alpha value is -2.18. The van der Waals surface area contributed by atoms with Crippen LogP contribution in [0.15, 0.2) is 42.5 Å². The smallest absolute Gasteiger partial charge is 0.198 e. The summed E-state index contributed by atoms with van der Waals surface area (Å²) >= 11 is 1.45. The maximum Gasteiger partial charge on any atom is 0.198 e. The minimum absolute atomic E-state index is 0.261. The first kappa shape index (κ1) is 12.8. The van der Waals surface area contributed by atoms with E-state index in [1.807, 2.05) is 24.3 Å². The third-order valence-electron chi connectivity index (χ3n) is 2.78. The normalized spacial score (nSPS) is 10.7. The Morgan fingerprint density at radius 3 is 2.95 bits per heavy atom. The number of benzene rings is 2. The molecule has 0 amide bonds. The minimum atomic E-state index is -0.261. The summed E-state index contributed by atoms with van der Waals surface area (Å²) in [6.07, 6.45) is 0. The minimum Gasteiger partial charge on any atom is -0.489 e. The maximum atomic E-state index is 13.1. The van der Waals surface area contributed by atoms with Gasteiger partial charge in [-0.1, -0.05) is 23.5 Å². The number of aromatic nitrogens is 1. The highest BCUT2D eigenvalue weighted by Crippen LogP contribution is 2.29. The predicted octanol–water partition coefficient (Wildman–Crippen LogP) is 3.30. The van der Waals surface area contributed by atoms with Gasteiger partial charge in [-0.25, -0.2) is 15.2 Å². The molecule has 3 rings (SSSR count). The number of ether oxygens (including phenoxy) is 1. The van der Waals surface area contributed by atoms with Crippen molar-refractivity contribution in [2.75, 3.05) is 5.43 Å². The number of hydrogen-bond acceptors (Lipinski definition) is 5. The lowest BCUT2D eigenvalue weighted by Crippen LogP contribution is -2.05. The number of anilines is 1. The molecule has 0 bridgehead atoms. The lowest BCUT2D eigenvalue weighted by atomic mass is 10.2. The van der Waals surface area contributed by atoms with Gasteiger partial charge in [-0.05, 0) is 35.9 Å². The second kappa shape index (κ2) is 5.44. The molecule has 1 heterocycles. The van der Waals surface area contributed by atoms with E-state index in [2.05, 4.69) is 10.4 Å². The number of hydrazine groups is 1. The maximum absolute atomic E-state index is 13.1. The molecule has 0 aliphatic rings. The van der Waals surface area contributed by atoms with E-state index in [4.69, 9.17) is 10.6 Å². The van der Waals surface area contributed by atoms with Gasteiger partial charge in [0.15, 0.2) is 5.13 Å². The SMILES string of the molecule is NNc1nc2ccc(OCc3cccc(F)c3)cc2s1. The summed E-state index contributed by atoms with van der Waals surface area (Å²) in [5.74, 6) is 5.79. The fourth-order valence-electron chi connectivity index (χ4n) is 1.85. The van der Waals surface area contributed by atoms with E-state index in [0.717, 1.165) is 15.8 Å². The van der Waals surface area contributed by atoms with E-state index in [1.165, 1.54) is 23.5 Å². The predicted molar refractivity (Wildman–Crippen MR) is 78.2 cm³/mol. The monoisotopic (exact) mass is 289 g/mol. The second-order valence-electron chi connectivity index (χ2n) is 4.21. The Morgan fingerprint density at radius 1 is 1.25 bits per heavy atom. The van der Waals surface area contributed by atoms with Gasteiger partial charge in [0.25, 0.3) is 0 Å². The van der Waals surface area contributed by atoms with Gasteiger partial charge in [0, 0.05) is 0 Å². The zero-order chi connectivity index (χ0) is 13.9. The molecule has 3 N–H and O–H groups in total. The van der Waals surface area contributed by atoms with Gasteiger partial charge in [0.1, 0.15) is 18.2 Å². The molecule has 0 fully saturated rings. The molecule has 0 radical (unpaired) electrons. The van der Waals surface area contributed by atoms with Gasteiger partial charge in [0.2, 0.25) is 0 Å². The number of nitrogens with zero attached hydrogens (tertiary/aromatic N) is 1. The molecule has 0 saturated carbocycles. The lowest BCUT2D eigenvalue weighted by molar-refractivity contribution is 0.306. The third-order valence-corrected chi connectivity index (χ3v) is 3.73. The number of nitrogen functional groups attached to an aromatic ring is 1. The van der Waals surface area contributed by atoms with E-state index >= 15 is 0 Å². The van der Waals surface area contributed by atoms with Gasteiger partial charge in [0.05, 0.1) is 10.2 Å². The quantitative estimate of drug-likeness (QED) is 0.571. The summed E-state index contributed by atoms with van der Waals surface area (Å²) in [7, 11) is 0. The van der Waals surface area contributed by atoms with Gasteiger partial charge < -0.3 is 4.74 Å². The van der Waals surface area contributed by atoms with Gasteiger partial charge in [-0.2, -0.15) is 0 Å². The Labute approximate surface area is 119 Å². The highest BCUT2D eigenvalue weighted by Gasteiger charge is 2.04. The summed E-state index contributed by atoms with van der Waals surface area (Å²) in [5, 5.41) is 0.655. The molecular weight excluding hydrogens is 277 g/mol. The van der Waals surface area contributed by atoms with Crippen molar-refractivity contribution in [3.63, 3.8) is 0 Å². The third kappa shape index (κ3) is 2.71. The summed E-state index contributed by atoms with van der Waals surface area (Å²) in [4.78, 5) is 4.28. The van der Waals surface area contributed by atoms with Crippen LogP contribution in [0.1, 0.15) is 5.56 Å². The number of rotatable bonds is 4. The average Bonchev–Trinajstić information content (AvgIpc) is 2.87. The van der Waals surface area contributed by atoms with Crippen molar-refractivity contribution in [1.82, 2.24) is 4.98 Å². The van der Waals surface area contributed by atoms with Crippen molar-refractivity contribution in [2.24, 2.45) is 5.84 Å². The number of nitrogens with two attached hydrogens (primary N) is 1. The molecule has 0 spiro atoms. The van der Waals surface area contributed by atoms with Crippen molar-refractivity contribution < 1.29 is 9.13 Å². The fourth-order valence-corrected chi connectivity index (χ4v) is 2.65. The highest BCUT2D eigenvalue weighted by molar-refractivity contribution is 7.22. The highest BCUT2D eigenvalue weighted by atomic mass is 32.1. The van der Waals surface area contributed by atoms with Crippen LogP contribution in [0.3, 0.4) is 0 Å². The summed E-state index contributed by atoms with van der Waals surface area (Å²) < 4.78 is 19.7. The number of nitrogens with one attached hydrogen (secondary N) is 1. The van der Waals surface area contributed by atoms with Crippen LogP contribution in [0.25, 0.3) is 10.2 Å². The standard InChI is InChI=1S/C14H12FN3OS/c15-10-3-1-2-9(6-10)8-19-11-4-5-12-13(7-11)20-14(17-12)18-16/h1-7H,8,16H2,(H,17,18). The molecule has 0 unspecified atom stereocenters. The molecule has 3 aromatic rings. The van der Waals surface area contributed by atoms with Crippen molar-refractivity contribution in [3.05, 3.63) is 53.8 Å². The van der Waals surface area contributed by atoms with Crippen LogP contribution in [0, 0.1) is 5.82 Å². The first-order valence-corrected chi connectivity index (χ1v) is 6.81. The van der Waals surface area contributed by atoms with Crippen LogP contribution in [-0.4, -0.2) is 4.98 Å². The van der Waals surface area contributed by atoms with E-state index in [1.54, 1.807) is 6.07 Å². The number of thiazole rings is 1. The lowest BCUT2D eigenvalue weighted by Gasteiger charge is -2.06. The number of fused-ring (bicyclic) bond motifs is 1. The molecule has 6 heteroatoms. The number of halogens is 1. The van der Waals surface area contributed by atoms with E-state index in [-0.39, 0.29) is 5.82 Å². The average molecular weight is 289 g/mol. The molecular formula is C14H12FN3OS. The van der Waals surface area contributed by atoms with Gasteiger partial charge >= 0.3 is 0 Å². The molecule has 0 aliphatic carbocycles. The van der Waals surface area contributed by atoms with E-state index < -0.39 is 0 Å². The summed E-state index contributed by atoms with van der Waals surface area (Å²) in [6, 6.07) is 12.0. The first-order chi connectivity index (χ1) is 9.74. The van der Waals surface area contributed by atoms with Gasteiger partial charge in [-0.3, -0.25) is 5.43 Å². The van der Waals surface area contributed by atoms with Crippen LogP contribution < -0.4 is 16.0 Å². The topological polar surface area (TPSA) is 60.2 Å². The molecule has 4 nitrogen and oxygen atoms in total. The molecule has 1 aromatic heterocycles. The van der Waals surface area contributed by atoms with E-state index in [9.17, 15) is 4.39 Å². The second-order valence-corrected chi connectivity index (χ2v) is 5.24. The largest absolute Gasteiger partial charge is 0.489 e. The Balaban J connectivity index is 1.77. The summed E-state index contributed by atoms with van der Waals surface area (Å²) in [6.45, 7) is 0.323. The fraction of sp³-hybridized carbons (Fsp3) is 0.0714. The van der Waals surface area contributed by atoms with Crippen molar-refractivity contribution in [2.45, 2.75) is 6.61 Å². The molecule has 2 aromatic carbocycles. The zero-order valence-corrected chi connectivity index (χ0v) is 11.3. The van der Waals surface area contributed by atoms with Crippen LogP contribution in [-0.2, 0) is 6.61 Å². The van der Waals surface area contributed by atoms with Crippen LogP contribution in [0.2, 0.25) is 0 Å². The Bertz CT molecular complexity index is 744. The van der Waals surface area contributed by atoms with Gasteiger partial charge in [-0.15, -0.1) is 0 Å². The molecule has 102 valence electrons. The molecule has 0 atom stereocenters. The zero-order valence-electron chi connectivity index (χ0n) is 10.5. The van der Waals surface area contributed by atoms with E-state index in [0.29, 0.717) is 17.5 Å². The molecule has 0 aliphatic heterocycles. The van der Waals surface area contributed by atoms with Crippen molar-refractivity contribution >= 4 is 26.7 Å². The molecule has 20 heavy (non-hydrogen) atoms.